The molecule has 2 aromatic rings. The topological polar surface area (TPSA) is 38.0 Å². The molecular formula is C15H15ClF2N2. The van der Waals surface area contributed by atoms with Gasteiger partial charge >= 0.3 is 0 Å². The lowest BCUT2D eigenvalue weighted by Gasteiger charge is -2.19. The van der Waals surface area contributed by atoms with Gasteiger partial charge in [0.05, 0.1) is 6.04 Å². The molecule has 20 heavy (non-hydrogen) atoms. The van der Waals surface area contributed by atoms with Crippen molar-refractivity contribution in [3.8, 4) is 0 Å². The average Bonchev–Trinajstić information content (AvgIpc) is 2.43. The van der Waals surface area contributed by atoms with Gasteiger partial charge in [0, 0.05) is 22.8 Å². The third-order valence-electron chi connectivity index (χ3n) is 3.11. The summed E-state index contributed by atoms with van der Waals surface area (Å²) in [6.45, 7) is 2.02. The molecule has 0 fully saturated rings. The van der Waals surface area contributed by atoms with Crippen molar-refractivity contribution in [3.05, 3.63) is 64.2 Å². The maximum absolute atomic E-state index is 13.8. The molecule has 0 saturated heterocycles. The number of nitrogens with two attached hydrogens (primary N) is 1. The number of aryl methyl sites for hydroxylation is 1. The van der Waals surface area contributed by atoms with E-state index in [0.29, 0.717) is 10.7 Å². The number of hydrogen-bond acceptors (Lipinski definition) is 2. The van der Waals surface area contributed by atoms with Crippen LogP contribution in [0.4, 0.5) is 14.5 Å². The van der Waals surface area contributed by atoms with Crippen LogP contribution in [0.25, 0.3) is 0 Å². The van der Waals surface area contributed by atoms with Crippen LogP contribution in [0.2, 0.25) is 5.02 Å². The highest BCUT2D eigenvalue weighted by Gasteiger charge is 2.17. The standard InChI is InChI=1S/C15H15ClF2N2/c1-9-5-6-10(7-12(9)16)20-14(8-19)11-3-2-4-13(17)15(11)18/h2-7,14,20H,8,19H2,1H3. The van der Waals surface area contributed by atoms with Crippen molar-refractivity contribution >= 4 is 17.3 Å². The minimum Gasteiger partial charge on any atom is -0.377 e. The van der Waals surface area contributed by atoms with Gasteiger partial charge in [0.2, 0.25) is 0 Å². The molecule has 106 valence electrons. The lowest BCUT2D eigenvalue weighted by atomic mass is 10.1. The van der Waals surface area contributed by atoms with Crippen LogP contribution in [-0.4, -0.2) is 6.54 Å². The molecule has 0 amide bonds. The summed E-state index contributed by atoms with van der Waals surface area (Å²) in [7, 11) is 0. The highest BCUT2D eigenvalue weighted by Crippen LogP contribution is 2.25. The molecule has 0 aliphatic rings. The van der Waals surface area contributed by atoms with Crippen molar-refractivity contribution in [2.75, 3.05) is 11.9 Å². The number of rotatable bonds is 4. The van der Waals surface area contributed by atoms with Crippen LogP contribution in [0.15, 0.2) is 36.4 Å². The van der Waals surface area contributed by atoms with Crippen LogP contribution in [-0.2, 0) is 0 Å². The number of nitrogens with one attached hydrogen (secondary N) is 1. The summed E-state index contributed by atoms with van der Waals surface area (Å²) >= 11 is 6.04. The summed E-state index contributed by atoms with van der Waals surface area (Å²) < 4.78 is 27.1. The maximum Gasteiger partial charge on any atom is 0.164 e. The normalized spacial score (nSPS) is 12.2. The van der Waals surface area contributed by atoms with Gasteiger partial charge in [-0.05, 0) is 30.7 Å². The summed E-state index contributed by atoms with van der Waals surface area (Å²) in [6.07, 6.45) is 0. The van der Waals surface area contributed by atoms with Crippen LogP contribution in [0.5, 0.6) is 0 Å². The van der Waals surface area contributed by atoms with E-state index in [1.807, 2.05) is 19.1 Å². The first kappa shape index (κ1) is 14.8. The summed E-state index contributed by atoms with van der Waals surface area (Å²) in [6, 6.07) is 8.93. The Bertz CT molecular complexity index is 617. The average molecular weight is 297 g/mol. The smallest absolute Gasteiger partial charge is 0.164 e. The minimum absolute atomic E-state index is 0.131. The lowest BCUT2D eigenvalue weighted by Crippen LogP contribution is -2.22. The van der Waals surface area contributed by atoms with Crippen molar-refractivity contribution in [2.24, 2.45) is 5.73 Å². The molecule has 2 rings (SSSR count). The van der Waals surface area contributed by atoms with Gasteiger partial charge in [0.15, 0.2) is 11.6 Å². The summed E-state index contributed by atoms with van der Waals surface area (Å²) in [4.78, 5) is 0. The Kier molecular flexibility index (Phi) is 4.57. The van der Waals surface area contributed by atoms with Gasteiger partial charge in [-0.25, -0.2) is 8.78 Å². The van der Waals surface area contributed by atoms with Crippen molar-refractivity contribution in [1.82, 2.24) is 0 Å². The fourth-order valence-corrected chi connectivity index (χ4v) is 2.12. The SMILES string of the molecule is Cc1ccc(NC(CN)c2cccc(F)c2F)cc1Cl. The second-order valence-electron chi connectivity index (χ2n) is 4.54. The molecular weight excluding hydrogens is 282 g/mol. The largest absolute Gasteiger partial charge is 0.377 e. The van der Waals surface area contributed by atoms with Gasteiger partial charge in [0.25, 0.3) is 0 Å². The van der Waals surface area contributed by atoms with Crippen LogP contribution in [0.1, 0.15) is 17.2 Å². The Labute approximate surface area is 121 Å². The highest BCUT2D eigenvalue weighted by molar-refractivity contribution is 6.31. The number of benzene rings is 2. The fourth-order valence-electron chi connectivity index (χ4n) is 1.94. The first-order valence-electron chi connectivity index (χ1n) is 6.19. The van der Waals surface area contributed by atoms with E-state index in [1.54, 1.807) is 6.07 Å². The Hall–Kier alpha value is -1.65. The summed E-state index contributed by atoms with van der Waals surface area (Å²) in [5.74, 6) is -1.77. The van der Waals surface area contributed by atoms with Crippen LogP contribution in [0.3, 0.4) is 0 Å². The van der Waals surface area contributed by atoms with E-state index in [-0.39, 0.29) is 12.1 Å². The quantitative estimate of drug-likeness (QED) is 0.893. The van der Waals surface area contributed by atoms with Gasteiger partial charge in [-0.15, -0.1) is 0 Å². The van der Waals surface area contributed by atoms with E-state index in [9.17, 15) is 8.78 Å². The maximum atomic E-state index is 13.8. The van der Waals surface area contributed by atoms with Crippen molar-refractivity contribution in [3.63, 3.8) is 0 Å². The molecule has 2 aromatic carbocycles. The Morgan fingerprint density at radius 2 is 2.00 bits per heavy atom. The van der Waals surface area contributed by atoms with Gasteiger partial charge in [-0.2, -0.15) is 0 Å². The van der Waals surface area contributed by atoms with Crippen LogP contribution < -0.4 is 11.1 Å². The first-order chi connectivity index (χ1) is 9.52. The number of anilines is 1. The predicted octanol–water partition coefficient (Wildman–Crippen LogP) is 4.04. The molecule has 1 unspecified atom stereocenters. The van der Waals surface area contributed by atoms with Crippen LogP contribution in [0, 0.1) is 18.6 Å². The van der Waals surface area contributed by atoms with Crippen molar-refractivity contribution in [2.45, 2.75) is 13.0 Å². The van der Waals surface area contributed by atoms with Crippen molar-refractivity contribution in [1.29, 1.82) is 0 Å². The lowest BCUT2D eigenvalue weighted by molar-refractivity contribution is 0.492. The zero-order valence-electron chi connectivity index (χ0n) is 11.0. The molecule has 2 nitrogen and oxygen atoms in total. The molecule has 0 heterocycles. The summed E-state index contributed by atoms with van der Waals surface area (Å²) in [5.41, 5.74) is 7.50. The molecule has 0 radical (unpaired) electrons. The molecule has 0 spiro atoms. The second-order valence-corrected chi connectivity index (χ2v) is 4.95. The van der Waals surface area contributed by atoms with Gasteiger partial charge < -0.3 is 11.1 Å². The Balaban J connectivity index is 2.28. The zero-order valence-corrected chi connectivity index (χ0v) is 11.7. The molecule has 0 aliphatic heterocycles. The van der Waals surface area contributed by atoms with E-state index in [2.05, 4.69) is 5.32 Å². The Morgan fingerprint density at radius 1 is 1.25 bits per heavy atom. The molecule has 0 aliphatic carbocycles. The number of halogens is 3. The van der Waals surface area contributed by atoms with Crippen molar-refractivity contribution < 1.29 is 8.78 Å². The predicted molar refractivity (Wildman–Crippen MR) is 78.0 cm³/mol. The number of hydrogen-bond donors (Lipinski definition) is 2. The van der Waals surface area contributed by atoms with Crippen LogP contribution >= 0.6 is 11.6 Å². The molecule has 0 aromatic heterocycles. The van der Waals surface area contributed by atoms with E-state index in [4.69, 9.17) is 17.3 Å². The highest BCUT2D eigenvalue weighted by atomic mass is 35.5. The van der Waals surface area contributed by atoms with E-state index >= 15 is 0 Å². The van der Waals surface area contributed by atoms with E-state index in [0.717, 1.165) is 11.6 Å². The first-order valence-corrected chi connectivity index (χ1v) is 6.57. The monoisotopic (exact) mass is 296 g/mol. The molecule has 5 heteroatoms. The van der Waals surface area contributed by atoms with E-state index in [1.165, 1.54) is 12.1 Å². The fraction of sp³-hybridized carbons (Fsp3) is 0.200. The molecule has 0 saturated carbocycles. The Morgan fingerprint density at radius 3 is 2.65 bits per heavy atom. The zero-order chi connectivity index (χ0) is 14.7. The van der Waals surface area contributed by atoms with Gasteiger partial charge in [0.1, 0.15) is 0 Å². The molecule has 0 bridgehead atoms. The van der Waals surface area contributed by atoms with E-state index < -0.39 is 17.7 Å². The third-order valence-corrected chi connectivity index (χ3v) is 3.51. The summed E-state index contributed by atoms with van der Waals surface area (Å²) in [5, 5.41) is 3.67. The van der Waals surface area contributed by atoms with Gasteiger partial charge in [-0.3, -0.25) is 0 Å². The molecule has 1 atom stereocenters. The second kappa shape index (κ2) is 6.20. The van der Waals surface area contributed by atoms with Gasteiger partial charge in [-0.1, -0.05) is 29.8 Å². The third kappa shape index (κ3) is 3.08. The minimum atomic E-state index is -0.885. The molecule has 3 N–H and O–H groups in total.